The fraction of sp³-hybridized carbons (Fsp3) is 0.368. The molecule has 0 bridgehead atoms. The van der Waals surface area contributed by atoms with Gasteiger partial charge < -0.3 is 14.6 Å². The average Bonchev–Trinajstić information content (AvgIpc) is 3.19. The molecule has 1 aromatic carbocycles. The standard InChI is InChI=1S/C19H25N5O.HI/c1-4-20-19(21-9-10-24-13-15(2)12-22-24)23(3)14-17-11-16-7-5-6-8-18(16)25-17;/h5-8,11-13H,4,9-10,14H2,1-3H3,(H,20,21);1H. The Morgan fingerprint density at radius 3 is 2.85 bits per heavy atom. The summed E-state index contributed by atoms with van der Waals surface area (Å²) in [4.78, 5) is 6.78. The van der Waals surface area contributed by atoms with Crippen molar-refractivity contribution in [1.29, 1.82) is 0 Å². The number of furan rings is 1. The summed E-state index contributed by atoms with van der Waals surface area (Å²) in [6.07, 6.45) is 3.89. The minimum atomic E-state index is 0. The number of para-hydroxylation sites is 1. The van der Waals surface area contributed by atoms with E-state index in [4.69, 9.17) is 9.41 Å². The van der Waals surface area contributed by atoms with E-state index in [0.717, 1.165) is 41.3 Å². The molecule has 0 aliphatic rings. The molecular weight excluding hydrogens is 441 g/mol. The Morgan fingerprint density at radius 1 is 1.35 bits per heavy atom. The van der Waals surface area contributed by atoms with Crippen LogP contribution in [0.4, 0.5) is 0 Å². The Morgan fingerprint density at radius 2 is 2.15 bits per heavy atom. The Kier molecular flexibility index (Phi) is 7.50. The van der Waals surface area contributed by atoms with E-state index in [1.807, 2.05) is 49.2 Å². The number of halogens is 1. The molecule has 0 amide bonds. The van der Waals surface area contributed by atoms with Gasteiger partial charge in [-0.1, -0.05) is 18.2 Å². The van der Waals surface area contributed by atoms with Crippen molar-refractivity contribution in [3.63, 3.8) is 0 Å². The van der Waals surface area contributed by atoms with Crippen molar-refractivity contribution in [2.24, 2.45) is 4.99 Å². The molecule has 0 unspecified atom stereocenters. The first-order valence-electron chi connectivity index (χ1n) is 8.61. The van der Waals surface area contributed by atoms with Gasteiger partial charge in [0.25, 0.3) is 0 Å². The molecule has 26 heavy (non-hydrogen) atoms. The number of hydrogen-bond acceptors (Lipinski definition) is 3. The van der Waals surface area contributed by atoms with Gasteiger partial charge in [0.15, 0.2) is 5.96 Å². The van der Waals surface area contributed by atoms with Crippen LogP contribution in [-0.4, -0.2) is 40.8 Å². The van der Waals surface area contributed by atoms with E-state index in [0.29, 0.717) is 13.1 Å². The van der Waals surface area contributed by atoms with Gasteiger partial charge in [-0.25, -0.2) is 0 Å². The third kappa shape index (κ3) is 5.23. The molecule has 0 aliphatic carbocycles. The van der Waals surface area contributed by atoms with E-state index >= 15 is 0 Å². The third-order valence-corrected chi connectivity index (χ3v) is 3.92. The predicted octanol–water partition coefficient (Wildman–Crippen LogP) is 3.65. The molecular formula is C19H26IN5O. The Hall–Kier alpha value is -2.03. The maximum absolute atomic E-state index is 5.90. The van der Waals surface area contributed by atoms with Gasteiger partial charge in [-0.2, -0.15) is 5.10 Å². The molecule has 3 aromatic rings. The van der Waals surface area contributed by atoms with Crippen LogP contribution < -0.4 is 5.32 Å². The van der Waals surface area contributed by atoms with Gasteiger partial charge in [-0.05, 0) is 31.5 Å². The molecule has 140 valence electrons. The van der Waals surface area contributed by atoms with Crippen LogP contribution >= 0.6 is 24.0 Å². The number of benzene rings is 1. The summed E-state index contributed by atoms with van der Waals surface area (Å²) in [6.45, 7) is 7.04. The first kappa shape index (κ1) is 20.3. The lowest BCUT2D eigenvalue weighted by atomic mass is 10.2. The summed E-state index contributed by atoms with van der Waals surface area (Å²) in [5.41, 5.74) is 2.08. The van der Waals surface area contributed by atoms with E-state index in [2.05, 4.69) is 34.4 Å². The zero-order valence-corrected chi connectivity index (χ0v) is 17.8. The van der Waals surface area contributed by atoms with Crippen molar-refractivity contribution in [3.05, 3.63) is 54.0 Å². The molecule has 0 radical (unpaired) electrons. The number of fused-ring (bicyclic) bond motifs is 1. The van der Waals surface area contributed by atoms with Gasteiger partial charge in [-0.15, -0.1) is 24.0 Å². The minimum Gasteiger partial charge on any atom is -0.459 e. The van der Waals surface area contributed by atoms with Crippen LogP contribution in [0.25, 0.3) is 11.0 Å². The lowest BCUT2D eigenvalue weighted by molar-refractivity contribution is 0.412. The van der Waals surface area contributed by atoms with Crippen molar-refractivity contribution in [3.8, 4) is 0 Å². The molecule has 0 spiro atoms. The molecule has 0 aliphatic heterocycles. The zero-order valence-electron chi connectivity index (χ0n) is 15.5. The zero-order chi connectivity index (χ0) is 17.6. The monoisotopic (exact) mass is 467 g/mol. The van der Waals surface area contributed by atoms with Crippen molar-refractivity contribution in [1.82, 2.24) is 20.0 Å². The highest BCUT2D eigenvalue weighted by molar-refractivity contribution is 14.0. The second kappa shape index (κ2) is 9.61. The highest BCUT2D eigenvalue weighted by atomic mass is 127. The van der Waals surface area contributed by atoms with Crippen LogP contribution in [0.3, 0.4) is 0 Å². The topological polar surface area (TPSA) is 58.6 Å². The number of hydrogen-bond donors (Lipinski definition) is 1. The quantitative estimate of drug-likeness (QED) is 0.342. The molecule has 0 saturated carbocycles. The average molecular weight is 467 g/mol. The summed E-state index contributed by atoms with van der Waals surface area (Å²) in [6, 6.07) is 10.1. The Balaban J connectivity index is 0.00000243. The van der Waals surface area contributed by atoms with Gasteiger partial charge >= 0.3 is 0 Å². The smallest absolute Gasteiger partial charge is 0.194 e. The molecule has 2 heterocycles. The second-order valence-electron chi connectivity index (χ2n) is 6.12. The summed E-state index contributed by atoms with van der Waals surface area (Å²) in [7, 11) is 2.02. The van der Waals surface area contributed by atoms with Crippen LogP contribution in [0, 0.1) is 6.92 Å². The number of nitrogens with zero attached hydrogens (tertiary/aromatic N) is 4. The number of aromatic nitrogens is 2. The number of guanidine groups is 1. The molecule has 0 saturated heterocycles. The molecule has 0 atom stereocenters. The van der Waals surface area contributed by atoms with Gasteiger partial charge in [0.05, 0.1) is 25.8 Å². The normalized spacial score (nSPS) is 11.4. The Labute approximate surface area is 171 Å². The SMILES string of the molecule is CCNC(=NCCn1cc(C)cn1)N(C)Cc1cc2ccccc2o1.I. The summed E-state index contributed by atoms with van der Waals surface area (Å²) in [5, 5.41) is 8.75. The number of nitrogens with one attached hydrogen (secondary N) is 1. The fourth-order valence-corrected chi connectivity index (χ4v) is 2.74. The fourth-order valence-electron chi connectivity index (χ4n) is 2.74. The molecule has 1 N–H and O–H groups in total. The van der Waals surface area contributed by atoms with Gasteiger partial charge in [0.1, 0.15) is 11.3 Å². The van der Waals surface area contributed by atoms with Crippen molar-refractivity contribution in [2.75, 3.05) is 20.1 Å². The molecule has 3 rings (SSSR count). The highest BCUT2D eigenvalue weighted by Gasteiger charge is 2.10. The first-order valence-corrected chi connectivity index (χ1v) is 8.61. The van der Waals surface area contributed by atoms with E-state index in [-0.39, 0.29) is 24.0 Å². The predicted molar refractivity (Wildman–Crippen MR) is 116 cm³/mol. The van der Waals surface area contributed by atoms with Crippen LogP contribution in [0.15, 0.2) is 52.1 Å². The van der Waals surface area contributed by atoms with Gasteiger partial charge in [0, 0.05) is 25.2 Å². The van der Waals surface area contributed by atoms with Crippen molar-refractivity contribution >= 4 is 40.9 Å². The van der Waals surface area contributed by atoms with Crippen molar-refractivity contribution < 1.29 is 4.42 Å². The summed E-state index contributed by atoms with van der Waals surface area (Å²) >= 11 is 0. The summed E-state index contributed by atoms with van der Waals surface area (Å²) < 4.78 is 7.82. The van der Waals surface area contributed by atoms with Crippen LogP contribution in [0.2, 0.25) is 0 Å². The number of aliphatic imine (C=N–C) groups is 1. The summed E-state index contributed by atoms with van der Waals surface area (Å²) in [5.74, 6) is 1.80. The van der Waals surface area contributed by atoms with E-state index in [1.165, 1.54) is 0 Å². The lowest BCUT2D eigenvalue weighted by Gasteiger charge is -2.21. The second-order valence-corrected chi connectivity index (χ2v) is 6.12. The molecule has 6 nitrogen and oxygen atoms in total. The van der Waals surface area contributed by atoms with Gasteiger partial charge in [0.2, 0.25) is 0 Å². The molecule has 0 fully saturated rings. The van der Waals surface area contributed by atoms with Gasteiger partial charge in [-0.3, -0.25) is 9.67 Å². The number of aryl methyl sites for hydroxylation is 1. The largest absolute Gasteiger partial charge is 0.459 e. The third-order valence-electron chi connectivity index (χ3n) is 3.92. The maximum atomic E-state index is 5.90. The van der Waals surface area contributed by atoms with Crippen molar-refractivity contribution in [2.45, 2.75) is 26.9 Å². The van der Waals surface area contributed by atoms with Crippen LogP contribution in [-0.2, 0) is 13.1 Å². The molecule has 7 heteroatoms. The van der Waals surface area contributed by atoms with E-state index in [9.17, 15) is 0 Å². The van der Waals surface area contributed by atoms with E-state index in [1.54, 1.807) is 0 Å². The molecule has 2 aromatic heterocycles. The first-order chi connectivity index (χ1) is 12.2. The lowest BCUT2D eigenvalue weighted by Crippen LogP contribution is -2.38. The van der Waals surface area contributed by atoms with Crippen LogP contribution in [0.1, 0.15) is 18.2 Å². The Bertz CT molecular complexity index is 821. The number of rotatable bonds is 6. The maximum Gasteiger partial charge on any atom is 0.194 e. The van der Waals surface area contributed by atoms with E-state index < -0.39 is 0 Å². The minimum absolute atomic E-state index is 0. The van der Waals surface area contributed by atoms with Crippen LogP contribution in [0.5, 0.6) is 0 Å². The highest BCUT2D eigenvalue weighted by Crippen LogP contribution is 2.19.